The van der Waals surface area contributed by atoms with E-state index in [1.807, 2.05) is 0 Å². The number of nitrogens with zero attached hydrogens (tertiary/aromatic N) is 3. The number of thioether (sulfide) groups is 1. The topological polar surface area (TPSA) is 93.7 Å². The molecule has 12 heteroatoms. The van der Waals surface area contributed by atoms with E-state index in [1.54, 1.807) is 31.2 Å². The number of carbonyl (C=O) groups excluding carboxylic acids is 2. The van der Waals surface area contributed by atoms with Crippen LogP contribution in [-0.2, 0) is 9.59 Å². The molecular weight excluding hydrogens is 563 g/mol. The number of ether oxygens (including phenoxy) is 2. The summed E-state index contributed by atoms with van der Waals surface area (Å²) in [7, 11) is 0. The van der Waals surface area contributed by atoms with E-state index in [-0.39, 0.29) is 33.0 Å². The van der Waals surface area contributed by atoms with Gasteiger partial charge in [-0.05, 0) is 111 Å². The highest BCUT2D eigenvalue weighted by atomic mass is 35.5. The van der Waals surface area contributed by atoms with Crippen LogP contribution >= 0.6 is 35.6 Å². The molecule has 5 aliphatic rings. The van der Waals surface area contributed by atoms with Crippen molar-refractivity contribution in [2.24, 2.45) is 23.2 Å². The molecule has 2 amide bonds. The second kappa shape index (κ2) is 10.3. The van der Waals surface area contributed by atoms with Crippen molar-refractivity contribution in [3.05, 3.63) is 46.0 Å². The van der Waals surface area contributed by atoms with Gasteiger partial charge in [0.25, 0.3) is 11.8 Å². The Hall–Kier alpha value is -2.76. The van der Waals surface area contributed by atoms with Gasteiger partial charge in [0.05, 0.1) is 23.1 Å². The van der Waals surface area contributed by atoms with Crippen LogP contribution in [0.15, 0.2) is 29.3 Å². The normalized spacial score (nSPS) is 28.3. The van der Waals surface area contributed by atoms with Gasteiger partial charge in [0.15, 0.2) is 15.8 Å². The molecule has 0 atom stereocenters. The number of thiocarbonyl (C=S) groups is 1. The Morgan fingerprint density at radius 1 is 1.26 bits per heavy atom. The number of nitrogens with one attached hydrogen (secondary N) is 1. The number of hydrazine groups is 1. The van der Waals surface area contributed by atoms with Crippen LogP contribution in [-0.4, -0.2) is 37.7 Å². The number of rotatable bonds is 7. The third kappa shape index (κ3) is 5.12. The summed E-state index contributed by atoms with van der Waals surface area (Å²) in [6.45, 7) is 2.13. The number of hydrogen-bond donors (Lipinski definition) is 1. The van der Waals surface area contributed by atoms with E-state index >= 15 is 0 Å². The van der Waals surface area contributed by atoms with Gasteiger partial charge in [-0.3, -0.25) is 15.0 Å². The van der Waals surface area contributed by atoms with Gasteiger partial charge in [0.1, 0.15) is 0 Å². The van der Waals surface area contributed by atoms with Gasteiger partial charge in [-0.1, -0.05) is 17.8 Å². The summed E-state index contributed by atoms with van der Waals surface area (Å²) >= 11 is 12.4. The zero-order valence-corrected chi connectivity index (χ0v) is 23.5. The summed E-state index contributed by atoms with van der Waals surface area (Å²) in [5.41, 5.74) is 3.12. The van der Waals surface area contributed by atoms with Gasteiger partial charge in [-0.2, -0.15) is 14.4 Å². The van der Waals surface area contributed by atoms with E-state index in [1.165, 1.54) is 24.3 Å². The Bertz CT molecular complexity index is 1370. The molecule has 1 aliphatic heterocycles. The lowest BCUT2D eigenvalue weighted by atomic mass is 9.49. The molecule has 0 spiro atoms. The molecule has 5 fully saturated rings. The van der Waals surface area contributed by atoms with Crippen LogP contribution in [0.2, 0.25) is 5.28 Å². The van der Waals surface area contributed by atoms with E-state index in [0.717, 1.165) is 37.2 Å². The van der Waals surface area contributed by atoms with E-state index in [0.29, 0.717) is 40.6 Å². The number of halogens is 2. The van der Waals surface area contributed by atoms with E-state index in [4.69, 9.17) is 33.3 Å². The summed E-state index contributed by atoms with van der Waals surface area (Å²) in [6, 6.07) is 4.95. The van der Waals surface area contributed by atoms with Crippen LogP contribution in [0.1, 0.15) is 51.0 Å². The van der Waals surface area contributed by atoms with Crippen LogP contribution in [0.25, 0.3) is 6.08 Å². The van der Waals surface area contributed by atoms with Crippen molar-refractivity contribution in [2.75, 3.05) is 6.61 Å². The first-order valence-corrected chi connectivity index (χ1v) is 14.5. The predicted molar refractivity (Wildman–Crippen MR) is 148 cm³/mol. The second-order valence-corrected chi connectivity index (χ2v) is 12.7. The number of amides is 2. The Morgan fingerprint density at radius 3 is 2.62 bits per heavy atom. The Labute approximate surface area is 239 Å². The van der Waals surface area contributed by atoms with Crippen LogP contribution < -0.4 is 14.9 Å². The first kappa shape index (κ1) is 26.5. The van der Waals surface area contributed by atoms with Crippen molar-refractivity contribution in [1.82, 2.24) is 20.4 Å². The molecule has 39 heavy (non-hydrogen) atoms. The standard InChI is InChI=1S/C27H26ClFN4O4S2/c1-2-36-20-8-14(3-4-19(20)37-22-18(29)13-30-25(28)31-22)9-21-23(34)33(26(38)39-21)32-24(35)27-10-15-5-16(11-27)7-17(6-15)12-27/h3-4,8-9,13,15-17H,2,5-7,10-12H2,1H3,(H,32,35)/b21-9+. The number of hydrogen-bond acceptors (Lipinski definition) is 8. The van der Waals surface area contributed by atoms with Gasteiger partial charge < -0.3 is 9.47 Å². The summed E-state index contributed by atoms with van der Waals surface area (Å²) in [5, 5.41) is 1.05. The fraction of sp³-hybridized carbons (Fsp3) is 0.444. The molecule has 4 saturated carbocycles. The zero-order chi connectivity index (χ0) is 27.3. The summed E-state index contributed by atoms with van der Waals surface area (Å²) in [4.78, 5) is 34.5. The fourth-order valence-corrected chi connectivity index (χ4v) is 8.10. The zero-order valence-electron chi connectivity index (χ0n) is 21.1. The molecule has 1 aromatic carbocycles. The molecule has 2 heterocycles. The van der Waals surface area contributed by atoms with Crippen molar-refractivity contribution in [3.8, 4) is 17.4 Å². The fourth-order valence-electron chi connectivity index (χ4n) is 6.80. The number of aromatic nitrogens is 2. The third-order valence-corrected chi connectivity index (χ3v) is 9.47. The first-order chi connectivity index (χ1) is 18.7. The maximum Gasteiger partial charge on any atom is 0.285 e. The molecule has 2 aromatic rings. The maximum absolute atomic E-state index is 14.1. The summed E-state index contributed by atoms with van der Waals surface area (Å²) < 4.78 is 25.7. The highest BCUT2D eigenvalue weighted by Gasteiger charge is 2.55. The molecule has 1 saturated heterocycles. The van der Waals surface area contributed by atoms with E-state index in [2.05, 4.69) is 15.4 Å². The molecule has 0 unspecified atom stereocenters. The van der Waals surface area contributed by atoms with Crippen LogP contribution in [0.4, 0.5) is 4.39 Å². The molecule has 1 N–H and O–H groups in total. The monoisotopic (exact) mass is 588 g/mol. The lowest BCUT2D eigenvalue weighted by molar-refractivity contribution is -0.152. The number of carbonyl (C=O) groups is 2. The van der Waals surface area contributed by atoms with Crippen molar-refractivity contribution in [2.45, 2.75) is 45.4 Å². The maximum atomic E-state index is 14.1. The van der Waals surface area contributed by atoms with Crippen LogP contribution in [0.3, 0.4) is 0 Å². The molecule has 8 nitrogen and oxygen atoms in total. The molecule has 0 radical (unpaired) electrons. The van der Waals surface area contributed by atoms with Crippen molar-refractivity contribution in [3.63, 3.8) is 0 Å². The quantitative estimate of drug-likeness (QED) is 0.242. The second-order valence-electron chi connectivity index (χ2n) is 10.7. The minimum atomic E-state index is -0.773. The van der Waals surface area contributed by atoms with Crippen LogP contribution in [0.5, 0.6) is 17.4 Å². The van der Waals surface area contributed by atoms with Crippen molar-refractivity contribution in [1.29, 1.82) is 0 Å². The average molecular weight is 589 g/mol. The SMILES string of the molecule is CCOc1cc(/C=C2/SC(=S)N(NC(=O)C34CC5CC(CC(C5)C3)C4)C2=O)ccc1Oc1nc(Cl)ncc1F. The first-order valence-electron chi connectivity index (χ1n) is 12.9. The van der Waals surface area contributed by atoms with Gasteiger partial charge in [0, 0.05) is 0 Å². The molecule has 7 rings (SSSR count). The molecule has 1 aromatic heterocycles. The minimum absolute atomic E-state index is 0.0867. The molecular formula is C27H26ClFN4O4S2. The Morgan fingerprint density at radius 2 is 1.95 bits per heavy atom. The lowest BCUT2D eigenvalue weighted by Crippen LogP contribution is -2.57. The smallest absolute Gasteiger partial charge is 0.285 e. The molecule has 204 valence electrons. The minimum Gasteiger partial charge on any atom is -0.490 e. The van der Waals surface area contributed by atoms with Crippen molar-refractivity contribution < 1.29 is 23.5 Å². The van der Waals surface area contributed by atoms with Gasteiger partial charge in [-0.15, -0.1) is 0 Å². The van der Waals surface area contributed by atoms with E-state index < -0.39 is 11.2 Å². The average Bonchev–Trinajstić information content (AvgIpc) is 3.14. The largest absolute Gasteiger partial charge is 0.490 e. The summed E-state index contributed by atoms with van der Waals surface area (Å²) in [5.74, 6) is 0.816. The van der Waals surface area contributed by atoms with Gasteiger partial charge in [-0.25, -0.2) is 4.98 Å². The highest BCUT2D eigenvalue weighted by Crippen LogP contribution is 2.60. The summed E-state index contributed by atoms with van der Waals surface area (Å²) in [6.07, 6.45) is 8.97. The van der Waals surface area contributed by atoms with Gasteiger partial charge >= 0.3 is 0 Å². The van der Waals surface area contributed by atoms with Crippen LogP contribution in [0, 0.1) is 29.0 Å². The van der Waals surface area contributed by atoms with Crippen molar-refractivity contribution >= 4 is 57.8 Å². The predicted octanol–water partition coefficient (Wildman–Crippen LogP) is 5.91. The lowest BCUT2D eigenvalue weighted by Gasteiger charge is -2.55. The number of benzene rings is 1. The van der Waals surface area contributed by atoms with E-state index in [9.17, 15) is 14.0 Å². The Balaban J connectivity index is 1.19. The Kier molecular flexibility index (Phi) is 7.01. The third-order valence-electron chi connectivity index (χ3n) is 7.98. The van der Waals surface area contributed by atoms with Gasteiger partial charge in [0.2, 0.25) is 17.0 Å². The highest BCUT2D eigenvalue weighted by molar-refractivity contribution is 8.26. The molecule has 4 aliphatic carbocycles. The molecule has 4 bridgehead atoms.